The first kappa shape index (κ1) is 10.2. The smallest absolute Gasteiger partial charge is 0.124 e. The average molecular weight is 312 g/mol. The maximum absolute atomic E-state index is 7.47. The summed E-state index contributed by atoms with van der Waals surface area (Å²) in [6.07, 6.45) is 3.65. The minimum absolute atomic E-state index is 0.0520. The van der Waals surface area contributed by atoms with Crippen LogP contribution in [0.25, 0.3) is 5.69 Å². The Bertz CT molecular complexity index is 504. The first-order chi connectivity index (χ1) is 7.18. The van der Waals surface area contributed by atoms with Gasteiger partial charge in [0.2, 0.25) is 0 Å². The number of benzene rings is 1. The summed E-state index contributed by atoms with van der Waals surface area (Å²) in [4.78, 5) is 0. The minimum atomic E-state index is 0.0520. The lowest BCUT2D eigenvalue weighted by Gasteiger charge is -2.07. The largest absolute Gasteiger partial charge is 0.384 e. The molecule has 2 aromatic rings. The maximum Gasteiger partial charge on any atom is 0.124 e. The highest BCUT2D eigenvalue weighted by atomic mass is 127. The van der Waals surface area contributed by atoms with Crippen molar-refractivity contribution in [2.75, 3.05) is 0 Å². The highest BCUT2D eigenvalue weighted by Crippen LogP contribution is 2.14. The summed E-state index contributed by atoms with van der Waals surface area (Å²) in [5, 5.41) is 11.7. The molecule has 4 nitrogen and oxygen atoms in total. The lowest BCUT2D eigenvalue weighted by molar-refractivity contribution is 0.878. The molecule has 1 aromatic heterocycles. The molecule has 1 aromatic carbocycles. The monoisotopic (exact) mass is 312 g/mol. The van der Waals surface area contributed by atoms with Gasteiger partial charge < -0.3 is 5.73 Å². The summed E-state index contributed by atoms with van der Waals surface area (Å²) in [5.74, 6) is 0.0520. The average Bonchev–Trinajstić information content (AvgIpc) is 2.65. The zero-order chi connectivity index (χ0) is 10.8. The third-order valence-corrected chi connectivity index (χ3v) is 2.55. The molecular weight excluding hydrogens is 303 g/mol. The predicted molar refractivity (Wildman–Crippen MR) is 67.3 cm³/mol. The van der Waals surface area contributed by atoms with Crippen LogP contribution in [0.2, 0.25) is 0 Å². The molecular formula is C10H9IN4. The van der Waals surface area contributed by atoms with Crippen LogP contribution in [-0.2, 0) is 0 Å². The molecule has 0 bridgehead atoms. The second-order valence-corrected chi connectivity index (χ2v) is 4.28. The van der Waals surface area contributed by atoms with Crippen LogP contribution in [-0.4, -0.2) is 15.6 Å². The first-order valence-electron chi connectivity index (χ1n) is 4.32. The first-order valence-corrected chi connectivity index (χ1v) is 5.40. The molecule has 0 saturated heterocycles. The van der Waals surface area contributed by atoms with Crippen LogP contribution in [0.5, 0.6) is 0 Å². The Balaban J connectivity index is 2.57. The molecule has 0 radical (unpaired) electrons. The van der Waals surface area contributed by atoms with Gasteiger partial charge in [0.25, 0.3) is 0 Å². The Morgan fingerprint density at radius 3 is 2.73 bits per heavy atom. The number of nitrogens with one attached hydrogen (secondary N) is 1. The van der Waals surface area contributed by atoms with Gasteiger partial charge in [0, 0.05) is 11.8 Å². The molecule has 0 aliphatic heterocycles. The van der Waals surface area contributed by atoms with E-state index in [4.69, 9.17) is 11.1 Å². The second-order valence-electron chi connectivity index (χ2n) is 3.03. The van der Waals surface area contributed by atoms with Crippen molar-refractivity contribution in [1.29, 1.82) is 5.41 Å². The van der Waals surface area contributed by atoms with Crippen LogP contribution in [0.1, 0.15) is 5.56 Å². The molecule has 0 atom stereocenters. The molecule has 0 spiro atoms. The SMILES string of the molecule is N=C(N)c1ccccc1-n1cc(I)cn1. The van der Waals surface area contributed by atoms with E-state index in [0.29, 0.717) is 5.56 Å². The fraction of sp³-hybridized carbons (Fsp3) is 0. The Hall–Kier alpha value is -1.37. The lowest BCUT2D eigenvalue weighted by Crippen LogP contribution is -2.14. The summed E-state index contributed by atoms with van der Waals surface area (Å²) in [6, 6.07) is 7.46. The third-order valence-electron chi connectivity index (χ3n) is 1.99. The van der Waals surface area contributed by atoms with Gasteiger partial charge in [-0.25, -0.2) is 4.68 Å². The Morgan fingerprint density at radius 2 is 2.13 bits per heavy atom. The van der Waals surface area contributed by atoms with Crippen LogP contribution in [0.3, 0.4) is 0 Å². The van der Waals surface area contributed by atoms with E-state index in [1.807, 2.05) is 30.5 Å². The number of amidine groups is 1. The number of halogens is 1. The molecule has 0 saturated carbocycles. The lowest BCUT2D eigenvalue weighted by atomic mass is 10.1. The van der Waals surface area contributed by atoms with Gasteiger partial charge in [0.05, 0.1) is 15.5 Å². The summed E-state index contributed by atoms with van der Waals surface area (Å²) >= 11 is 2.19. The number of hydrogen-bond acceptors (Lipinski definition) is 2. The van der Waals surface area contributed by atoms with E-state index in [2.05, 4.69) is 27.7 Å². The van der Waals surface area contributed by atoms with E-state index >= 15 is 0 Å². The van der Waals surface area contributed by atoms with Crippen molar-refractivity contribution in [1.82, 2.24) is 9.78 Å². The van der Waals surface area contributed by atoms with Crippen LogP contribution < -0.4 is 5.73 Å². The van der Waals surface area contributed by atoms with Gasteiger partial charge in [0.1, 0.15) is 5.84 Å². The third kappa shape index (κ3) is 2.01. The van der Waals surface area contributed by atoms with Crippen molar-refractivity contribution in [2.45, 2.75) is 0 Å². The van der Waals surface area contributed by atoms with Gasteiger partial charge in [-0.2, -0.15) is 5.10 Å². The van der Waals surface area contributed by atoms with Gasteiger partial charge in [-0.05, 0) is 34.7 Å². The molecule has 2 rings (SSSR count). The fourth-order valence-corrected chi connectivity index (χ4v) is 1.72. The van der Waals surface area contributed by atoms with Crippen molar-refractivity contribution < 1.29 is 0 Å². The van der Waals surface area contributed by atoms with E-state index in [1.54, 1.807) is 10.9 Å². The van der Waals surface area contributed by atoms with Crippen molar-refractivity contribution in [3.8, 4) is 5.69 Å². The minimum Gasteiger partial charge on any atom is -0.384 e. The Kier molecular flexibility index (Phi) is 2.72. The molecule has 0 aliphatic carbocycles. The molecule has 0 fully saturated rings. The van der Waals surface area contributed by atoms with Crippen LogP contribution >= 0.6 is 22.6 Å². The van der Waals surface area contributed by atoms with E-state index in [0.717, 1.165) is 9.26 Å². The van der Waals surface area contributed by atoms with Crippen molar-refractivity contribution in [2.24, 2.45) is 5.73 Å². The van der Waals surface area contributed by atoms with Gasteiger partial charge in [-0.15, -0.1) is 0 Å². The van der Waals surface area contributed by atoms with Crippen LogP contribution in [0, 0.1) is 8.98 Å². The fourth-order valence-electron chi connectivity index (χ4n) is 1.33. The summed E-state index contributed by atoms with van der Waals surface area (Å²) in [6.45, 7) is 0. The maximum atomic E-state index is 7.47. The molecule has 1 heterocycles. The number of rotatable bonds is 2. The molecule has 5 heteroatoms. The second kappa shape index (κ2) is 4.01. The summed E-state index contributed by atoms with van der Waals surface area (Å²) in [7, 11) is 0. The Labute approximate surface area is 101 Å². The highest BCUT2D eigenvalue weighted by molar-refractivity contribution is 14.1. The van der Waals surface area contributed by atoms with Crippen molar-refractivity contribution >= 4 is 28.4 Å². The van der Waals surface area contributed by atoms with E-state index in [-0.39, 0.29) is 5.84 Å². The summed E-state index contributed by atoms with van der Waals surface area (Å²) in [5.41, 5.74) is 7.02. The van der Waals surface area contributed by atoms with Crippen LogP contribution in [0.15, 0.2) is 36.7 Å². The number of nitrogen functional groups attached to an aromatic ring is 1. The molecule has 0 unspecified atom stereocenters. The number of nitrogens with two attached hydrogens (primary N) is 1. The summed E-state index contributed by atoms with van der Waals surface area (Å²) < 4.78 is 2.77. The zero-order valence-corrected chi connectivity index (χ0v) is 9.97. The zero-order valence-electron chi connectivity index (χ0n) is 7.81. The Morgan fingerprint density at radius 1 is 1.40 bits per heavy atom. The quantitative estimate of drug-likeness (QED) is 0.504. The highest BCUT2D eigenvalue weighted by Gasteiger charge is 2.06. The van der Waals surface area contributed by atoms with E-state index in [9.17, 15) is 0 Å². The molecule has 0 aliphatic rings. The molecule has 15 heavy (non-hydrogen) atoms. The van der Waals surface area contributed by atoms with E-state index in [1.165, 1.54) is 0 Å². The molecule has 3 N–H and O–H groups in total. The molecule has 76 valence electrons. The standard InChI is InChI=1S/C10H9IN4/c11-7-5-14-15(6-7)9-4-2-1-3-8(9)10(12)13/h1-6H,(H3,12,13). The number of para-hydroxylation sites is 1. The van der Waals surface area contributed by atoms with Gasteiger partial charge in [-0.3, -0.25) is 5.41 Å². The van der Waals surface area contributed by atoms with Gasteiger partial charge >= 0.3 is 0 Å². The number of nitrogens with zero attached hydrogens (tertiary/aromatic N) is 2. The van der Waals surface area contributed by atoms with Gasteiger partial charge in [0.15, 0.2) is 0 Å². The number of hydrogen-bond donors (Lipinski definition) is 2. The number of aromatic nitrogens is 2. The topological polar surface area (TPSA) is 67.7 Å². The van der Waals surface area contributed by atoms with Crippen molar-refractivity contribution in [3.05, 3.63) is 45.8 Å². The van der Waals surface area contributed by atoms with Crippen LogP contribution in [0.4, 0.5) is 0 Å². The van der Waals surface area contributed by atoms with Crippen molar-refractivity contribution in [3.63, 3.8) is 0 Å². The predicted octanol–water partition coefficient (Wildman–Crippen LogP) is 1.76. The normalized spacial score (nSPS) is 10.2. The van der Waals surface area contributed by atoms with E-state index < -0.39 is 0 Å². The van der Waals surface area contributed by atoms with Gasteiger partial charge in [-0.1, -0.05) is 12.1 Å². The molecule has 0 amide bonds.